The second kappa shape index (κ2) is 6.26. The second-order valence-corrected chi connectivity index (χ2v) is 9.03. The lowest BCUT2D eigenvalue weighted by Crippen LogP contribution is -2.57. The fourth-order valence-electron chi connectivity index (χ4n) is 7.05. The fraction of sp³-hybridized carbons (Fsp3) is 1.00. The van der Waals surface area contributed by atoms with Gasteiger partial charge < -0.3 is 15.4 Å². The van der Waals surface area contributed by atoms with E-state index in [1.165, 1.54) is 19.3 Å². The number of nitrogens with zero attached hydrogens (tertiary/aromatic N) is 2. The van der Waals surface area contributed by atoms with Gasteiger partial charge in [-0.2, -0.15) is 0 Å². The summed E-state index contributed by atoms with van der Waals surface area (Å²) in [5, 5.41) is 19.5. The highest BCUT2D eigenvalue weighted by molar-refractivity contribution is 5.11. The number of rotatable bonds is 9. The highest BCUT2D eigenvalue weighted by Gasteiger charge is 2.61. The van der Waals surface area contributed by atoms with E-state index >= 15 is 0 Å². The summed E-state index contributed by atoms with van der Waals surface area (Å²) < 4.78 is 0. The van der Waals surface area contributed by atoms with Gasteiger partial charge in [-0.15, -0.1) is 20.2 Å². The standard InChI is InChI=1S/C16H27N3O6/c1-14-4-12-5-15(9-14,2-3-17)11-16(6-12,10-14)7-13(25-19(22)23)8-24-18(20)21/h12-13H,2-11,17H2,1H3. The maximum absolute atomic E-state index is 10.8. The average molecular weight is 357 g/mol. The second-order valence-electron chi connectivity index (χ2n) is 9.03. The molecule has 0 spiro atoms. The molecule has 4 bridgehead atoms. The van der Waals surface area contributed by atoms with Crippen molar-refractivity contribution in [1.29, 1.82) is 0 Å². The van der Waals surface area contributed by atoms with Crippen molar-refractivity contribution < 1.29 is 19.8 Å². The van der Waals surface area contributed by atoms with E-state index in [0.717, 1.165) is 25.7 Å². The molecule has 0 aromatic heterocycles. The van der Waals surface area contributed by atoms with Crippen LogP contribution in [0.25, 0.3) is 0 Å². The zero-order valence-corrected chi connectivity index (χ0v) is 14.6. The Labute approximate surface area is 146 Å². The van der Waals surface area contributed by atoms with Crippen molar-refractivity contribution in [3.05, 3.63) is 20.2 Å². The smallest absolute Gasteiger partial charge is 0.294 e. The van der Waals surface area contributed by atoms with Crippen molar-refractivity contribution >= 4 is 0 Å². The SMILES string of the molecule is CC12CC3CC(CCN)(C1)CC(CC(CO[N+](=O)[O-])O[N+](=O)[O-])(C3)C2. The third-order valence-electron chi connectivity index (χ3n) is 6.51. The van der Waals surface area contributed by atoms with Gasteiger partial charge in [-0.1, -0.05) is 6.92 Å². The molecule has 0 aliphatic heterocycles. The van der Waals surface area contributed by atoms with Gasteiger partial charge >= 0.3 is 0 Å². The summed E-state index contributed by atoms with van der Waals surface area (Å²) >= 11 is 0. The minimum absolute atomic E-state index is 0.0655. The molecule has 25 heavy (non-hydrogen) atoms. The van der Waals surface area contributed by atoms with Gasteiger partial charge in [0.15, 0.2) is 0 Å². The van der Waals surface area contributed by atoms with Gasteiger partial charge in [-0.3, -0.25) is 0 Å². The Balaban J connectivity index is 1.79. The first-order chi connectivity index (χ1) is 11.7. The number of hydrogen-bond acceptors (Lipinski definition) is 7. The Morgan fingerprint density at radius 3 is 2.40 bits per heavy atom. The highest BCUT2D eigenvalue weighted by atomic mass is 17.0. The molecule has 0 aromatic carbocycles. The van der Waals surface area contributed by atoms with Crippen LogP contribution in [0, 0.1) is 42.4 Å². The van der Waals surface area contributed by atoms with Crippen LogP contribution in [0.4, 0.5) is 0 Å². The Bertz CT molecular complexity index is 560. The van der Waals surface area contributed by atoms with E-state index in [4.69, 9.17) is 10.6 Å². The van der Waals surface area contributed by atoms with Gasteiger partial charge in [-0.25, -0.2) is 0 Å². The summed E-state index contributed by atoms with van der Waals surface area (Å²) in [6.07, 6.45) is 7.06. The van der Waals surface area contributed by atoms with Crippen molar-refractivity contribution in [2.75, 3.05) is 13.2 Å². The molecule has 5 unspecified atom stereocenters. The van der Waals surface area contributed by atoms with Crippen LogP contribution in [0.1, 0.15) is 58.3 Å². The van der Waals surface area contributed by atoms with Crippen molar-refractivity contribution in [3.8, 4) is 0 Å². The monoisotopic (exact) mass is 357 g/mol. The van der Waals surface area contributed by atoms with E-state index in [1.807, 2.05) is 0 Å². The molecule has 9 heteroatoms. The summed E-state index contributed by atoms with van der Waals surface area (Å²) in [7, 11) is 0. The summed E-state index contributed by atoms with van der Waals surface area (Å²) in [5.41, 5.74) is 6.26. The highest BCUT2D eigenvalue weighted by Crippen LogP contribution is 2.71. The molecule has 142 valence electrons. The van der Waals surface area contributed by atoms with E-state index in [-0.39, 0.29) is 16.2 Å². The van der Waals surface area contributed by atoms with Gasteiger partial charge in [0.25, 0.3) is 10.2 Å². The Morgan fingerprint density at radius 2 is 1.80 bits per heavy atom. The van der Waals surface area contributed by atoms with E-state index in [0.29, 0.717) is 18.9 Å². The molecule has 9 nitrogen and oxygen atoms in total. The summed E-state index contributed by atoms with van der Waals surface area (Å²) in [4.78, 5) is 30.4. The normalized spacial score (nSPS) is 39.8. The molecule has 0 heterocycles. The first kappa shape index (κ1) is 18.2. The molecule has 4 aliphatic rings. The lowest BCUT2D eigenvalue weighted by molar-refractivity contribution is -0.790. The van der Waals surface area contributed by atoms with Gasteiger partial charge in [0.2, 0.25) is 0 Å². The van der Waals surface area contributed by atoms with Crippen LogP contribution in [0.15, 0.2) is 0 Å². The topological polar surface area (TPSA) is 131 Å². The Hall–Kier alpha value is -1.64. The molecule has 0 radical (unpaired) electrons. The third-order valence-corrected chi connectivity index (χ3v) is 6.51. The predicted octanol–water partition coefficient (Wildman–Crippen LogP) is 2.49. The van der Waals surface area contributed by atoms with Crippen LogP contribution in [0.5, 0.6) is 0 Å². The van der Waals surface area contributed by atoms with Crippen LogP contribution < -0.4 is 5.73 Å². The summed E-state index contributed by atoms with van der Waals surface area (Å²) in [6, 6.07) is 0. The molecule has 4 fully saturated rings. The van der Waals surface area contributed by atoms with Crippen molar-refractivity contribution in [2.24, 2.45) is 27.9 Å². The minimum atomic E-state index is -0.923. The molecule has 4 saturated carbocycles. The minimum Gasteiger partial charge on any atom is -0.330 e. The van der Waals surface area contributed by atoms with E-state index in [1.54, 1.807) is 0 Å². The molecular formula is C16H27N3O6. The van der Waals surface area contributed by atoms with Crippen molar-refractivity contribution in [3.63, 3.8) is 0 Å². The molecule has 0 aromatic rings. The third kappa shape index (κ3) is 3.80. The van der Waals surface area contributed by atoms with Crippen LogP contribution in [0.3, 0.4) is 0 Å². The zero-order valence-electron chi connectivity index (χ0n) is 14.6. The maximum atomic E-state index is 10.8. The molecule has 0 saturated heterocycles. The first-order valence-electron chi connectivity index (χ1n) is 8.96. The van der Waals surface area contributed by atoms with E-state index in [2.05, 4.69) is 11.8 Å². The molecule has 0 amide bonds. The predicted molar refractivity (Wildman–Crippen MR) is 87.3 cm³/mol. The lowest BCUT2D eigenvalue weighted by Gasteiger charge is -2.67. The Morgan fingerprint density at radius 1 is 1.12 bits per heavy atom. The lowest BCUT2D eigenvalue weighted by atomic mass is 9.38. The van der Waals surface area contributed by atoms with Gasteiger partial charge in [0, 0.05) is 0 Å². The van der Waals surface area contributed by atoms with E-state index < -0.39 is 22.9 Å². The number of nitrogens with two attached hydrogens (primary N) is 1. The summed E-state index contributed by atoms with van der Waals surface area (Å²) in [5.74, 6) is 0.612. The van der Waals surface area contributed by atoms with Gasteiger partial charge in [0.05, 0.1) is 0 Å². The van der Waals surface area contributed by atoms with Crippen molar-refractivity contribution in [1.82, 2.24) is 0 Å². The van der Waals surface area contributed by atoms with Gasteiger partial charge in [0.1, 0.15) is 12.7 Å². The molecular weight excluding hydrogens is 330 g/mol. The molecule has 4 aliphatic carbocycles. The maximum Gasteiger partial charge on any atom is 0.294 e. The van der Waals surface area contributed by atoms with E-state index in [9.17, 15) is 20.2 Å². The Kier molecular flexibility index (Phi) is 4.55. The zero-order chi connectivity index (χ0) is 18.3. The number of hydrogen-bond donors (Lipinski definition) is 1. The van der Waals surface area contributed by atoms with Gasteiger partial charge in [-0.05, 0) is 80.1 Å². The van der Waals surface area contributed by atoms with Crippen LogP contribution >= 0.6 is 0 Å². The van der Waals surface area contributed by atoms with Crippen LogP contribution in [0.2, 0.25) is 0 Å². The average Bonchev–Trinajstić information content (AvgIpc) is 2.40. The first-order valence-corrected chi connectivity index (χ1v) is 8.96. The molecule has 4 rings (SSSR count). The van der Waals surface area contributed by atoms with Crippen LogP contribution in [-0.4, -0.2) is 29.4 Å². The largest absolute Gasteiger partial charge is 0.330 e. The fourth-order valence-corrected chi connectivity index (χ4v) is 7.05. The van der Waals surface area contributed by atoms with Crippen LogP contribution in [-0.2, 0) is 9.68 Å². The molecule has 2 N–H and O–H groups in total. The summed E-state index contributed by atoms with van der Waals surface area (Å²) in [6.45, 7) is 2.56. The quantitative estimate of drug-likeness (QED) is 0.495. The molecule has 5 atom stereocenters. The van der Waals surface area contributed by atoms with Crippen molar-refractivity contribution in [2.45, 2.75) is 64.4 Å².